The lowest BCUT2D eigenvalue weighted by molar-refractivity contribution is -0.138. The Morgan fingerprint density at radius 2 is 1.65 bits per heavy atom. The molecule has 0 radical (unpaired) electrons. The van der Waals surface area contributed by atoms with E-state index in [2.05, 4.69) is 5.32 Å². The van der Waals surface area contributed by atoms with Crippen LogP contribution >= 0.6 is 0 Å². The molecule has 1 aromatic carbocycles. The van der Waals surface area contributed by atoms with Crippen molar-refractivity contribution in [1.29, 1.82) is 0 Å². The fourth-order valence-corrected chi connectivity index (χ4v) is 2.63. The van der Waals surface area contributed by atoms with E-state index in [1.807, 2.05) is 4.90 Å². The fraction of sp³-hybridized carbons (Fsp3) is 0.529. The number of nitrogens with one attached hydrogen (secondary N) is 1. The van der Waals surface area contributed by atoms with Crippen molar-refractivity contribution in [1.82, 2.24) is 15.1 Å². The van der Waals surface area contributed by atoms with Crippen molar-refractivity contribution in [3.05, 3.63) is 35.6 Å². The maximum Gasteiger partial charge on any atom is 0.223 e. The standard InChI is InChI=1S/C17H24FN3O2/c1-14(22)20-10-12-21(13-11-20)17(23)7-9-19-8-6-15-2-4-16(18)5-3-15/h2-5,19H,6-13H2,1H3. The van der Waals surface area contributed by atoms with E-state index in [0.29, 0.717) is 39.1 Å². The number of rotatable bonds is 6. The van der Waals surface area contributed by atoms with Crippen LogP contribution < -0.4 is 5.32 Å². The van der Waals surface area contributed by atoms with Crippen molar-refractivity contribution in [3.8, 4) is 0 Å². The second kappa shape index (κ2) is 8.62. The molecule has 0 unspecified atom stereocenters. The van der Waals surface area contributed by atoms with Gasteiger partial charge in [0.15, 0.2) is 0 Å². The Morgan fingerprint density at radius 3 is 2.26 bits per heavy atom. The van der Waals surface area contributed by atoms with E-state index in [-0.39, 0.29) is 17.6 Å². The number of carbonyl (C=O) groups is 2. The molecule has 0 bridgehead atoms. The maximum atomic E-state index is 12.8. The number of carbonyl (C=O) groups excluding carboxylic acids is 2. The summed E-state index contributed by atoms with van der Waals surface area (Å²) in [5.41, 5.74) is 1.07. The van der Waals surface area contributed by atoms with Crippen LogP contribution in [-0.4, -0.2) is 60.9 Å². The molecule has 6 heteroatoms. The largest absolute Gasteiger partial charge is 0.339 e. The fourth-order valence-electron chi connectivity index (χ4n) is 2.63. The normalized spacial score (nSPS) is 14.9. The zero-order chi connectivity index (χ0) is 16.7. The third-order valence-electron chi connectivity index (χ3n) is 4.10. The summed E-state index contributed by atoms with van der Waals surface area (Å²) in [7, 11) is 0. The molecule has 1 aliphatic heterocycles. The summed E-state index contributed by atoms with van der Waals surface area (Å²) in [5, 5.41) is 3.24. The SMILES string of the molecule is CC(=O)N1CCN(C(=O)CCNCCc2ccc(F)cc2)CC1. The van der Waals surface area contributed by atoms with Crippen LogP contribution in [0.2, 0.25) is 0 Å². The molecule has 1 aliphatic rings. The molecule has 2 rings (SSSR count). The number of halogens is 1. The first kappa shape index (κ1) is 17.4. The van der Waals surface area contributed by atoms with Crippen LogP contribution in [0.4, 0.5) is 4.39 Å². The number of hydrogen-bond acceptors (Lipinski definition) is 3. The van der Waals surface area contributed by atoms with Crippen LogP contribution in [-0.2, 0) is 16.0 Å². The van der Waals surface area contributed by atoms with Crippen LogP contribution in [0.5, 0.6) is 0 Å². The van der Waals surface area contributed by atoms with Gasteiger partial charge in [0.1, 0.15) is 5.82 Å². The van der Waals surface area contributed by atoms with Gasteiger partial charge in [-0.1, -0.05) is 12.1 Å². The van der Waals surface area contributed by atoms with Crippen LogP contribution in [0, 0.1) is 5.82 Å². The van der Waals surface area contributed by atoms with E-state index in [0.717, 1.165) is 18.5 Å². The summed E-state index contributed by atoms with van der Waals surface area (Å²) in [6, 6.07) is 6.46. The van der Waals surface area contributed by atoms with Gasteiger partial charge in [0.2, 0.25) is 11.8 Å². The van der Waals surface area contributed by atoms with E-state index in [1.165, 1.54) is 12.1 Å². The first-order valence-corrected chi connectivity index (χ1v) is 8.04. The molecule has 0 aliphatic carbocycles. The summed E-state index contributed by atoms with van der Waals surface area (Å²) in [5.74, 6) is -0.0285. The van der Waals surface area contributed by atoms with Gasteiger partial charge < -0.3 is 15.1 Å². The monoisotopic (exact) mass is 321 g/mol. The molecule has 1 saturated heterocycles. The molecular weight excluding hydrogens is 297 g/mol. The van der Waals surface area contributed by atoms with Crippen molar-refractivity contribution >= 4 is 11.8 Å². The smallest absolute Gasteiger partial charge is 0.223 e. The quantitative estimate of drug-likeness (QED) is 0.797. The summed E-state index contributed by atoms with van der Waals surface area (Å²) in [4.78, 5) is 26.9. The molecule has 0 aromatic heterocycles. The van der Waals surface area contributed by atoms with Crippen LogP contribution in [0.3, 0.4) is 0 Å². The Balaban J connectivity index is 1.58. The number of hydrogen-bond donors (Lipinski definition) is 1. The molecule has 2 amide bonds. The van der Waals surface area contributed by atoms with Gasteiger partial charge in [-0.05, 0) is 30.7 Å². The van der Waals surface area contributed by atoms with Gasteiger partial charge in [-0.25, -0.2) is 4.39 Å². The van der Waals surface area contributed by atoms with Gasteiger partial charge in [0.05, 0.1) is 0 Å². The molecule has 126 valence electrons. The second-order valence-corrected chi connectivity index (χ2v) is 5.76. The molecule has 1 aromatic rings. The number of amides is 2. The van der Waals surface area contributed by atoms with E-state index in [4.69, 9.17) is 0 Å². The van der Waals surface area contributed by atoms with Gasteiger partial charge >= 0.3 is 0 Å². The van der Waals surface area contributed by atoms with Gasteiger partial charge in [-0.15, -0.1) is 0 Å². The van der Waals surface area contributed by atoms with Crippen LogP contribution in [0.15, 0.2) is 24.3 Å². The number of benzene rings is 1. The minimum absolute atomic E-state index is 0.0690. The van der Waals surface area contributed by atoms with Gasteiger partial charge in [-0.3, -0.25) is 9.59 Å². The highest BCUT2D eigenvalue weighted by molar-refractivity contribution is 5.77. The second-order valence-electron chi connectivity index (χ2n) is 5.76. The van der Waals surface area contributed by atoms with Crippen LogP contribution in [0.25, 0.3) is 0 Å². The summed E-state index contributed by atoms with van der Waals surface area (Å²) < 4.78 is 12.8. The summed E-state index contributed by atoms with van der Waals surface area (Å²) >= 11 is 0. The molecule has 0 spiro atoms. The maximum absolute atomic E-state index is 12.8. The van der Waals surface area contributed by atoms with Gasteiger partial charge in [-0.2, -0.15) is 0 Å². The number of nitrogens with zero attached hydrogens (tertiary/aromatic N) is 2. The molecule has 23 heavy (non-hydrogen) atoms. The zero-order valence-electron chi connectivity index (χ0n) is 13.6. The molecule has 5 nitrogen and oxygen atoms in total. The third-order valence-corrected chi connectivity index (χ3v) is 4.10. The molecule has 1 heterocycles. The number of piperazine rings is 1. The molecule has 1 fully saturated rings. The average Bonchev–Trinajstić information content (AvgIpc) is 2.56. The molecule has 0 atom stereocenters. The van der Waals surface area contributed by atoms with E-state index in [9.17, 15) is 14.0 Å². The van der Waals surface area contributed by atoms with E-state index in [1.54, 1.807) is 24.0 Å². The molecule has 1 N–H and O–H groups in total. The van der Waals surface area contributed by atoms with Crippen LogP contribution in [0.1, 0.15) is 18.9 Å². The van der Waals surface area contributed by atoms with Crippen molar-refractivity contribution in [3.63, 3.8) is 0 Å². The predicted octanol–water partition coefficient (Wildman–Crippen LogP) is 1.04. The molecule has 0 saturated carbocycles. The summed E-state index contributed by atoms with van der Waals surface area (Å²) in [6.07, 6.45) is 1.27. The molecular formula is C17H24FN3O2. The summed E-state index contributed by atoms with van der Waals surface area (Å²) in [6.45, 7) is 5.44. The third kappa shape index (κ3) is 5.63. The lowest BCUT2D eigenvalue weighted by atomic mass is 10.1. The van der Waals surface area contributed by atoms with Crippen molar-refractivity contribution in [2.24, 2.45) is 0 Å². The highest BCUT2D eigenvalue weighted by Crippen LogP contribution is 2.04. The predicted molar refractivity (Wildman–Crippen MR) is 86.4 cm³/mol. The Labute approximate surface area is 136 Å². The first-order chi connectivity index (χ1) is 11.1. The van der Waals surface area contributed by atoms with E-state index < -0.39 is 0 Å². The Kier molecular flexibility index (Phi) is 6.52. The average molecular weight is 321 g/mol. The van der Waals surface area contributed by atoms with Crippen molar-refractivity contribution in [2.75, 3.05) is 39.3 Å². The highest BCUT2D eigenvalue weighted by Gasteiger charge is 2.21. The Hall–Kier alpha value is -1.95. The lowest BCUT2D eigenvalue weighted by Crippen LogP contribution is -2.50. The van der Waals surface area contributed by atoms with E-state index >= 15 is 0 Å². The zero-order valence-corrected chi connectivity index (χ0v) is 13.6. The van der Waals surface area contributed by atoms with Crippen molar-refractivity contribution in [2.45, 2.75) is 19.8 Å². The Morgan fingerprint density at radius 1 is 1.04 bits per heavy atom. The highest BCUT2D eigenvalue weighted by atomic mass is 19.1. The first-order valence-electron chi connectivity index (χ1n) is 8.04. The topological polar surface area (TPSA) is 52.7 Å². The Bertz CT molecular complexity index is 525. The minimum atomic E-state index is -0.225. The van der Waals surface area contributed by atoms with Gasteiger partial charge in [0.25, 0.3) is 0 Å². The minimum Gasteiger partial charge on any atom is -0.339 e. The lowest BCUT2D eigenvalue weighted by Gasteiger charge is -2.34. The van der Waals surface area contributed by atoms with Crippen molar-refractivity contribution < 1.29 is 14.0 Å². The van der Waals surface area contributed by atoms with Gasteiger partial charge in [0, 0.05) is 46.1 Å².